The molecule has 0 saturated heterocycles. The van der Waals surface area contributed by atoms with Crippen LogP contribution in [-0.2, 0) is 6.61 Å². The average Bonchev–Trinajstić information content (AvgIpc) is 2.69. The number of nitrogens with one attached hydrogen (secondary N) is 1. The quantitative estimate of drug-likeness (QED) is 0.873. The highest BCUT2D eigenvalue weighted by atomic mass is 16.3. The van der Waals surface area contributed by atoms with Gasteiger partial charge < -0.3 is 14.8 Å². The number of anilines is 1. The lowest BCUT2D eigenvalue weighted by molar-refractivity contribution is 0.102. The summed E-state index contributed by atoms with van der Waals surface area (Å²) in [6.45, 7) is 3.44. The van der Waals surface area contributed by atoms with Crippen LogP contribution in [0.5, 0.6) is 0 Å². The molecule has 2 aromatic rings. The molecule has 0 unspecified atom stereocenters. The molecule has 94 valence electrons. The molecule has 0 bridgehead atoms. The van der Waals surface area contributed by atoms with E-state index in [0.717, 1.165) is 0 Å². The van der Waals surface area contributed by atoms with Crippen molar-refractivity contribution in [1.82, 2.24) is 0 Å². The number of amides is 1. The van der Waals surface area contributed by atoms with Gasteiger partial charge in [-0.05, 0) is 26.0 Å². The zero-order chi connectivity index (χ0) is 13.1. The van der Waals surface area contributed by atoms with E-state index in [9.17, 15) is 9.90 Å². The summed E-state index contributed by atoms with van der Waals surface area (Å²) in [7, 11) is 0. The lowest BCUT2D eigenvalue weighted by Crippen LogP contribution is -2.13. The van der Waals surface area contributed by atoms with E-state index < -0.39 is 0 Å². The van der Waals surface area contributed by atoms with E-state index >= 15 is 0 Å². The van der Waals surface area contributed by atoms with Crippen molar-refractivity contribution in [3.63, 3.8) is 0 Å². The van der Waals surface area contributed by atoms with Crippen LogP contribution in [0.15, 0.2) is 34.7 Å². The molecule has 2 N–H and O–H groups in total. The number of benzene rings is 1. The van der Waals surface area contributed by atoms with Crippen molar-refractivity contribution in [1.29, 1.82) is 0 Å². The first kappa shape index (κ1) is 12.4. The van der Waals surface area contributed by atoms with Crippen LogP contribution in [0.4, 0.5) is 5.69 Å². The second-order valence-corrected chi connectivity index (χ2v) is 4.10. The monoisotopic (exact) mass is 245 g/mol. The molecule has 0 fully saturated rings. The highest BCUT2D eigenvalue weighted by Crippen LogP contribution is 2.19. The average molecular weight is 245 g/mol. The van der Waals surface area contributed by atoms with Crippen LogP contribution in [0.25, 0.3) is 0 Å². The fraction of sp³-hybridized carbons (Fsp3) is 0.214. The van der Waals surface area contributed by atoms with Crippen molar-refractivity contribution in [2.75, 3.05) is 5.32 Å². The maximum absolute atomic E-state index is 12.1. The summed E-state index contributed by atoms with van der Waals surface area (Å²) >= 11 is 0. The van der Waals surface area contributed by atoms with E-state index in [2.05, 4.69) is 5.32 Å². The third-order valence-corrected chi connectivity index (χ3v) is 2.72. The fourth-order valence-corrected chi connectivity index (χ4v) is 1.83. The minimum absolute atomic E-state index is 0.111. The van der Waals surface area contributed by atoms with Crippen molar-refractivity contribution in [3.05, 3.63) is 53.0 Å². The number of para-hydroxylation sites is 1. The summed E-state index contributed by atoms with van der Waals surface area (Å²) in [5.74, 6) is 1.06. The molecular formula is C14H15NO3. The number of aliphatic hydroxyl groups is 1. The Morgan fingerprint density at radius 1 is 1.33 bits per heavy atom. The normalized spacial score (nSPS) is 10.4. The number of hydrogen-bond donors (Lipinski definition) is 2. The Hall–Kier alpha value is -2.07. The third-order valence-electron chi connectivity index (χ3n) is 2.72. The Labute approximate surface area is 105 Å². The third kappa shape index (κ3) is 2.43. The smallest absolute Gasteiger partial charge is 0.259 e. The van der Waals surface area contributed by atoms with Gasteiger partial charge in [-0.25, -0.2) is 0 Å². The van der Waals surface area contributed by atoms with E-state index in [-0.39, 0.29) is 12.5 Å². The van der Waals surface area contributed by atoms with Crippen LogP contribution in [0, 0.1) is 13.8 Å². The van der Waals surface area contributed by atoms with Gasteiger partial charge in [-0.1, -0.05) is 18.2 Å². The number of carbonyl (C=O) groups excluding carboxylic acids is 1. The molecule has 4 nitrogen and oxygen atoms in total. The van der Waals surface area contributed by atoms with Crippen molar-refractivity contribution in [3.8, 4) is 0 Å². The molecule has 0 atom stereocenters. The lowest BCUT2D eigenvalue weighted by Gasteiger charge is -2.08. The standard InChI is InChI=1S/C14H15NO3/c1-9-7-12(10(2)18-9)14(17)15-13-6-4-3-5-11(13)8-16/h3-7,16H,8H2,1-2H3,(H,15,17). The summed E-state index contributed by atoms with van der Waals surface area (Å²) < 4.78 is 5.32. The highest BCUT2D eigenvalue weighted by molar-refractivity contribution is 6.05. The van der Waals surface area contributed by atoms with Gasteiger partial charge in [0.05, 0.1) is 12.2 Å². The van der Waals surface area contributed by atoms with Crippen LogP contribution in [0.1, 0.15) is 27.4 Å². The topological polar surface area (TPSA) is 62.5 Å². The van der Waals surface area contributed by atoms with Crippen LogP contribution in [0.3, 0.4) is 0 Å². The number of aliphatic hydroxyl groups excluding tert-OH is 1. The highest BCUT2D eigenvalue weighted by Gasteiger charge is 2.14. The van der Waals surface area contributed by atoms with Crippen molar-refractivity contribution in [2.45, 2.75) is 20.5 Å². The molecule has 18 heavy (non-hydrogen) atoms. The summed E-state index contributed by atoms with van der Waals surface area (Å²) in [5.41, 5.74) is 1.81. The number of aryl methyl sites for hydroxylation is 2. The summed E-state index contributed by atoms with van der Waals surface area (Å²) in [5, 5.41) is 12.0. The Balaban J connectivity index is 2.24. The second-order valence-electron chi connectivity index (χ2n) is 4.10. The van der Waals surface area contributed by atoms with E-state index in [1.165, 1.54) is 0 Å². The number of rotatable bonds is 3. The summed E-state index contributed by atoms with van der Waals surface area (Å²) in [6, 6.07) is 8.84. The van der Waals surface area contributed by atoms with Gasteiger partial charge in [-0.2, -0.15) is 0 Å². The molecule has 1 amide bonds. The minimum atomic E-state index is -0.231. The first-order valence-corrected chi connectivity index (χ1v) is 5.69. The zero-order valence-corrected chi connectivity index (χ0v) is 10.4. The minimum Gasteiger partial charge on any atom is -0.466 e. The van der Waals surface area contributed by atoms with Gasteiger partial charge in [0.15, 0.2) is 0 Å². The van der Waals surface area contributed by atoms with Crippen molar-refractivity contribution < 1.29 is 14.3 Å². The molecule has 1 aromatic heterocycles. The number of hydrogen-bond acceptors (Lipinski definition) is 3. The Morgan fingerprint density at radius 2 is 2.06 bits per heavy atom. The van der Waals surface area contributed by atoms with Gasteiger partial charge in [0.2, 0.25) is 0 Å². The van der Waals surface area contributed by atoms with Crippen LogP contribution in [-0.4, -0.2) is 11.0 Å². The molecule has 0 radical (unpaired) electrons. The SMILES string of the molecule is Cc1cc(C(=O)Nc2ccccc2CO)c(C)o1. The van der Waals surface area contributed by atoms with E-state index in [1.54, 1.807) is 32.0 Å². The van der Waals surface area contributed by atoms with Gasteiger partial charge in [0.25, 0.3) is 5.91 Å². The summed E-state index contributed by atoms with van der Waals surface area (Å²) in [4.78, 5) is 12.1. The van der Waals surface area contributed by atoms with Gasteiger partial charge in [0.1, 0.15) is 11.5 Å². The molecule has 2 rings (SSSR count). The summed E-state index contributed by atoms with van der Waals surface area (Å²) in [6.07, 6.45) is 0. The van der Waals surface area contributed by atoms with Gasteiger partial charge >= 0.3 is 0 Å². The fourth-order valence-electron chi connectivity index (χ4n) is 1.83. The molecule has 1 aromatic carbocycles. The van der Waals surface area contributed by atoms with Crippen LogP contribution >= 0.6 is 0 Å². The maximum Gasteiger partial charge on any atom is 0.259 e. The predicted molar refractivity (Wildman–Crippen MR) is 68.5 cm³/mol. The van der Waals surface area contributed by atoms with Crippen LogP contribution < -0.4 is 5.32 Å². The molecule has 0 saturated carbocycles. The van der Waals surface area contributed by atoms with Crippen molar-refractivity contribution >= 4 is 11.6 Å². The molecule has 1 heterocycles. The second kappa shape index (κ2) is 5.06. The molecule has 4 heteroatoms. The zero-order valence-electron chi connectivity index (χ0n) is 10.4. The van der Waals surface area contributed by atoms with E-state index in [4.69, 9.17) is 4.42 Å². The van der Waals surface area contributed by atoms with Crippen LogP contribution in [0.2, 0.25) is 0 Å². The molecule has 0 aliphatic rings. The molecule has 0 aliphatic heterocycles. The van der Waals surface area contributed by atoms with E-state index in [1.807, 2.05) is 12.1 Å². The maximum atomic E-state index is 12.1. The molecular weight excluding hydrogens is 230 g/mol. The Bertz CT molecular complexity index is 572. The van der Waals surface area contributed by atoms with Gasteiger partial charge in [-0.3, -0.25) is 4.79 Å². The Kier molecular flexibility index (Phi) is 3.48. The van der Waals surface area contributed by atoms with Crippen molar-refractivity contribution in [2.24, 2.45) is 0 Å². The molecule has 0 aliphatic carbocycles. The Morgan fingerprint density at radius 3 is 2.67 bits per heavy atom. The van der Waals surface area contributed by atoms with Gasteiger partial charge in [0, 0.05) is 11.3 Å². The van der Waals surface area contributed by atoms with E-state index in [0.29, 0.717) is 28.3 Å². The largest absolute Gasteiger partial charge is 0.466 e. The first-order valence-electron chi connectivity index (χ1n) is 5.69. The van der Waals surface area contributed by atoms with Gasteiger partial charge in [-0.15, -0.1) is 0 Å². The first-order chi connectivity index (χ1) is 8.61. The lowest BCUT2D eigenvalue weighted by atomic mass is 10.1. The number of carbonyl (C=O) groups is 1. The number of furan rings is 1. The predicted octanol–water partition coefficient (Wildman–Crippen LogP) is 2.64. The molecule has 0 spiro atoms.